The van der Waals surface area contributed by atoms with Gasteiger partial charge in [0.15, 0.2) is 0 Å². The second kappa shape index (κ2) is 3.25. The van der Waals surface area contributed by atoms with E-state index in [0.717, 1.165) is 25.7 Å². The van der Waals surface area contributed by atoms with Crippen molar-refractivity contribution in [3.05, 3.63) is 0 Å². The van der Waals surface area contributed by atoms with Gasteiger partial charge in [0.05, 0.1) is 11.8 Å². The van der Waals surface area contributed by atoms with Crippen LogP contribution in [0.5, 0.6) is 0 Å². The Kier molecular flexibility index (Phi) is 2.50. The van der Waals surface area contributed by atoms with Gasteiger partial charge < -0.3 is 4.74 Å². The molecule has 12 heavy (non-hydrogen) atoms. The van der Waals surface area contributed by atoms with Crippen LogP contribution >= 0.6 is 0 Å². The molecule has 68 valence electrons. The normalized spacial score (nSPS) is 33.7. The summed E-state index contributed by atoms with van der Waals surface area (Å²) in [5.74, 6) is -0.785. The van der Waals surface area contributed by atoms with Gasteiger partial charge in [0.2, 0.25) is 0 Å². The second-order valence-corrected chi connectivity index (χ2v) is 3.24. The summed E-state index contributed by atoms with van der Waals surface area (Å²) in [5, 5.41) is 0. The molecule has 3 nitrogen and oxygen atoms in total. The summed E-state index contributed by atoms with van der Waals surface area (Å²) in [4.78, 5) is 22.0. The molecule has 2 atom stereocenters. The molecule has 1 saturated carbocycles. The smallest absolute Gasteiger partial charge is 0.317 e. The first-order chi connectivity index (χ1) is 5.29. The first kappa shape index (κ1) is 9.23. The molecule has 3 heteroatoms. The highest BCUT2D eigenvalue weighted by Crippen LogP contribution is 2.36. The molecule has 2 aliphatic rings. The number of fused-ring (bicyclic) bond motifs is 1. The fraction of sp³-hybridized carbons (Fsp3) is 0.778. The Hall–Kier alpha value is -0.860. The third-order valence-corrected chi connectivity index (χ3v) is 2.57. The molecule has 0 aromatic carbocycles. The third-order valence-electron chi connectivity index (χ3n) is 2.57. The number of carbonyl (C=O) groups is 2. The molecule has 0 amide bonds. The molecule has 1 saturated heterocycles. The van der Waals surface area contributed by atoms with E-state index in [1.165, 1.54) is 0 Å². The molecule has 0 radical (unpaired) electrons. The van der Waals surface area contributed by atoms with Crippen LogP contribution in [-0.2, 0) is 14.3 Å². The zero-order valence-electron chi connectivity index (χ0n) is 6.21. The molecule has 0 bridgehead atoms. The molecule has 2 fully saturated rings. The predicted octanol–water partition coefficient (Wildman–Crippen LogP) is 1.51. The van der Waals surface area contributed by atoms with E-state index >= 15 is 0 Å². The lowest BCUT2D eigenvalue weighted by molar-refractivity contribution is -0.153. The summed E-state index contributed by atoms with van der Waals surface area (Å²) in [7, 11) is 0. The molecule has 0 aromatic heterocycles. The number of hydrogen-bond acceptors (Lipinski definition) is 3. The highest BCUT2D eigenvalue weighted by molar-refractivity contribution is 5.96. The number of esters is 2. The average Bonchev–Trinajstić information content (AvgIpc) is 2.30. The Balaban J connectivity index is 0.000000720. The van der Waals surface area contributed by atoms with Gasteiger partial charge in [-0.15, -0.1) is 0 Å². The van der Waals surface area contributed by atoms with Crippen molar-refractivity contribution in [2.75, 3.05) is 0 Å². The van der Waals surface area contributed by atoms with Gasteiger partial charge in [-0.1, -0.05) is 20.3 Å². The van der Waals surface area contributed by atoms with Gasteiger partial charge in [-0.25, -0.2) is 0 Å². The van der Waals surface area contributed by atoms with Gasteiger partial charge in [0, 0.05) is 0 Å². The lowest BCUT2D eigenvalue weighted by atomic mass is 9.81. The Morgan fingerprint density at radius 1 is 1.00 bits per heavy atom. The summed E-state index contributed by atoms with van der Waals surface area (Å²) in [5.41, 5.74) is 0. The summed E-state index contributed by atoms with van der Waals surface area (Å²) in [6.45, 7) is 0. The van der Waals surface area contributed by atoms with Gasteiger partial charge in [-0.2, -0.15) is 0 Å². The van der Waals surface area contributed by atoms with E-state index in [2.05, 4.69) is 4.74 Å². The maximum Gasteiger partial charge on any atom is 0.317 e. The van der Waals surface area contributed by atoms with Crippen LogP contribution in [0.2, 0.25) is 0 Å². The second-order valence-electron chi connectivity index (χ2n) is 3.24. The largest absolute Gasteiger partial charge is 0.393 e. The first-order valence-corrected chi connectivity index (χ1v) is 4.04. The van der Waals surface area contributed by atoms with Crippen LogP contribution in [0.1, 0.15) is 33.1 Å². The first-order valence-electron chi connectivity index (χ1n) is 4.04. The lowest BCUT2D eigenvalue weighted by Gasteiger charge is -2.18. The number of carbonyl (C=O) groups excluding carboxylic acids is 2. The Bertz CT molecular complexity index is 188. The van der Waals surface area contributed by atoms with Crippen molar-refractivity contribution in [1.29, 1.82) is 0 Å². The van der Waals surface area contributed by atoms with Crippen LogP contribution in [0.4, 0.5) is 0 Å². The van der Waals surface area contributed by atoms with Gasteiger partial charge in [0.25, 0.3) is 0 Å². The molecule has 1 aliphatic carbocycles. The molecule has 0 N–H and O–H groups in total. The van der Waals surface area contributed by atoms with Crippen LogP contribution < -0.4 is 0 Å². The van der Waals surface area contributed by atoms with Crippen molar-refractivity contribution in [3.8, 4) is 0 Å². The molecular weight excluding hydrogens is 156 g/mol. The van der Waals surface area contributed by atoms with E-state index in [1.54, 1.807) is 0 Å². The summed E-state index contributed by atoms with van der Waals surface area (Å²) < 4.78 is 4.53. The molecule has 2 unspecified atom stereocenters. The van der Waals surface area contributed by atoms with E-state index in [9.17, 15) is 9.59 Å². The van der Waals surface area contributed by atoms with Crippen LogP contribution in [0.15, 0.2) is 0 Å². The van der Waals surface area contributed by atoms with Crippen molar-refractivity contribution in [3.63, 3.8) is 0 Å². The van der Waals surface area contributed by atoms with Crippen LogP contribution in [0, 0.1) is 11.8 Å². The quantitative estimate of drug-likeness (QED) is 0.409. The maximum absolute atomic E-state index is 11.0. The molecule has 0 aromatic rings. The number of rotatable bonds is 0. The van der Waals surface area contributed by atoms with Crippen LogP contribution in [-0.4, -0.2) is 11.9 Å². The van der Waals surface area contributed by atoms with Crippen LogP contribution in [0.3, 0.4) is 0 Å². The summed E-state index contributed by atoms with van der Waals surface area (Å²) in [6.07, 6.45) is 3.80. The minimum absolute atomic E-state index is 0. The van der Waals surface area contributed by atoms with E-state index in [0.29, 0.717) is 0 Å². The van der Waals surface area contributed by atoms with Gasteiger partial charge in [0.1, 0.15) is 0 Å². The highest BCUT2D eigenvalue weighted by atomic mass is 16.6. The molecule has 2 rings (SSSR count). The van der Waals surface area contributed by atoms with Gasteiger partial charge in [-0.3, -0.25) is 9.59 Å². The number of hydrogen-bond donors (Lipinski definition) is 0. The molecule has 1 aliphatic heterocycles. The number of cyclic esters (lactones) is 2. The monoisotopic (exact) mass is 170 g/mol. The average molecular weight is 170 g/mol. The highest BCUT2D eigenvalue weighted by Gasteiger charge is 2.44. The lowest BCUT2D eigenvalue weighted by Crippen LogP contribution is -2.21. The van der Waals surface area contributed by atoms with Gasteiger partial charge >= 0.3 is 11.9 Å². The fourth-order valence-electron chi connectivity index (χ4n) is 1.95. The van der Waals surface area contributed by atoms with Crippen molar-refractivity contribution in [2.24, 2.45) is 11.8 Å². The predicted molar refractivity (Wildman–Crippen MR) is 43.3 cm³/mol. The third kappa shape index (κ3) is 1.24. The Morgan fingerprint density at radius 2 is 1.42 bits per heavy atom. The molecular formula is C9H14O3. The zero-order chi connectivity index (χ0) is 7.84. The zero-order valence-corrected chi connectivity index (χ0v) is 6.21. The molecule has 0 spiro atoms. The maximum atomic E-state index is 11.0. The Morgan fingerprint density at radius 3 is 1.83 bits per heavy atom. The van der Waals surface area contributed by atoms with Crippen molar-refractivity contribution in [1.82, 2.24) is 0 Å². The standard InChI is InChI=1S/C8H10O3.CH4/c9-7-5-3-1-2-4-6(5)8(10)11-7;/h5-6H,1-4H2;1H4. The van der Waals surface area contributed by atoms with Crippen molar-refractivity contribution >= 4 is 11.9 Å². The van der Waals surface area contributed by atoms with E-state index in [4.69, 9.17) is 0 Å². The van der Waals surface area contributed by atoms with Crippen molar-refractivity contribution in [2.45, 2.75) is 33.1 Å². The van der Waals surface area contributed by atoms with E-state index in [-0.39, 0.29) is 31.2 Å². The topological polar surface area (TPSA) is 43.4 Å². The van der Waals surface area contributed by atoms with Crippen molar-refractivity contribution < 1.29 is 14.3 Å². The summed E-state index contributed by atoms with van der Waals surface area (Å²) in [6, 6.07) is 0. The van der Waals surface area contributed by atoms with Crippen LogP contribution in [0.25, 0.3) is 0 Å². The van der Waals surface area contributed by atoms with E-state index < -0.39 is 0 Å². The fourth-order valence-corrected chi connectivity index (χ4v) is 1.95. The summed E-state index contributed by atoms with van der Waals surface area (Å²) >= 11 is 0. The minimum atomic E-state index is -0.292. The SMILES string of the molecule is C.O=C1OC(=O)C2CCCCC12. The van der Waals surface area contributed by atoms with E-state index in [1.807, 2.05) is 0 Å². The number of ether oxygens (including phenoxy) is 1. The molecule has 1 heterocycles. The Labute approximate surface area is 72.1 Å². The minimum Gasteiger partial charge on any atom is -0.393 e. The van der Waals surface area contributed by atoms with Gasteiger partial charge in [-0.05, 0) is 12.8 Å².